The second-order valence-electron chi connectivity index (χ2n) is 7.54. The fourth-order valence-corrected chi connectivity index (χ4v) is 4.27. The highest BCUT2D eigenvalue weighted by molar-refractivity contribution is 7.06. The molecule has 0 aromatic carbocycles. The van der Waals surface area contributed by atoms with Gasteiger partial charge in [-0.3, -0.25) is 9.78 Å². The molecule has 2 N–H and O–H groups in total. The lowest BCUT2D eigenvalue weighted by Crippen LogP contribution is -2.34. The van der Waals surface area contributed by atoms with Gasteiger partial charge in [-0.1, -0.05) is 0 Å². The molecule has 0 radical (unpaired) electrons. The summed E-state index contributed by atoms with van der Waals surface area (Å²) in [6.45, 7) is 3.52. The number of nitrogens with zero attached hydrogens (tertiary/aromatic N) is 4. The average molecular weight is 479 g/mol. The highest BCUT2D eigenvalue weighted by Gasteiger charge is 2.32. The van der Waals surface area contributed by atoms with E-state index in [-0.39, 0.29) is 18.4 Å². The zero-order valence-electron chi connectivity index (χ0n) is 17.6. The largest absolute Gasteiger partial charge is 0.474 e. The third kappa shape index (κ3) is 5.82. The van der Waals surface area contributed by atoms with Crippen LogP contribution in [0.2, 0.25) is 0 Å². The molecule has 3 aromatic heterocycles. The summed E-state index contributed by atoms with van der Waals surface area (Å²) in [7, 11) is 0. The van der Waals surface area contributed by atoms with Crippen molar-refractivity contribution in [2.24, 2.45) is 0 Å². The van der Waals surface area contributed by atoms with Crippen molar-refractivity contribution in [2.75, 3.05) is 18.4 Å². The van der Waals surface area contributed by atoms with Crippen LogP contribution in [0, 0.1) is 6.92 Å². The third-order valence-corrected chi connectivity index (χ3v) is 6.00. The van der Waals surface area contributed by atoms with Crippen LogP contribution in [0.5, 0.6) is 5.88 Å². The molecule has 12 heteroatoms. The number of halogens is 3. The number of carbonyl (C=O) groups excluding carboxylic acids is 1. The van der Waals surface area contributed by atoms with Gasteiger partial charge in [0.05, 0.1) is 35.0 Å². The topological polar surface area (TPSA) is 102 Å². The SMILES string of the molecule is Cc1nsc(Cc2cnc(C(F)(F)F)cn2)c1C(=O)Nc1ccc(OC2CCNCC2)nc1. The lowest BCUT2D eigenvalue weighted by Gasteiger charge is -2.23. The van der Waals surface area contributed by atoms with E-state index in [4.69, 9.17) is 4.74 Å². The molecule has 0 atom stereocenters. The summed E-state index contributed by atoms with van der Waals surface area (Å²) in [5.41, 5.74) is 0.609. The van der Waals surface area contributed by atoms with Crippen molar-refractivity contribution < 1.29 is 22.7 Å². The molecule has 3 aromatic rings. The van der Waals surface area contributed by atoms with Gasteiger partial charge in [-0.05, 0) is 50.5 Å². The van der Waals surface area contributed by atoms with Crippen molar-refractivity contribution in [3.05, 3.63) is 58.2 Å². The summed E-state index contributed by atoms with van der Waals surface area (Å²) < 4.78 is 48.2. The van der Waals surface area contributed by atoms with Gasteiger partial charge in [-0.25, -0.2) is 9.97 Å². The van der Waals surface area contributed by atoms with Gasteiger partial charge < -0.3 is 15.4 Å². The molecule has 0 unspecified atom stereocenters. The summed E-state index contributed by atoms with van der Waals surface area (Å²) >= 11 is 1.10. The number of anilines is 1. The molecule has 4 rings (SSSR count). The highest BCUT2D eigenvalue weighted by Crippen LogP contribution is 2.27. The second-order valence-corrected chi connectivity index (χ2v) is 8.40. The lowest BCUT2D eigenvalue weighted by atomic mass is 10.1. The Hall–Kier alpha value is -3.12. The quantitative estimate of drug-likeness (QED) is 0.558. The van der Waals surface area contributed by atoms with Crippen LogP contribution in [0.1, 0.15) is 45.2 Å². The Morgan fingerprint density at radius 2 is 1.97 bits per heavy atom. The molecular weight excluding hydrogens is 457 g/mol. The number of rotatable bonds is 6. The van der Waals surface area contributed by atoms with Crippen molar-refractivity contribution in [3.63, 3.8) is 0 Å². The Kier molecular flexibility index (Phi) is 6.84. The van der Waals surface area contributed by atoms with E-state index in [1.807, 2.05) is 0 Å². The van der Waals surface area contributed by atoms with Gasteiger partial charge >= 0.3 is 6.18 Å². The van der Waals surface area contributed by atoms with Crippen molar-refractivity contribution in [3.8, 4) is 5.88 Å². The van der Waals surface area contributed by atoms with E-state index in [1.165, 1.54) is 6.20 Å². The second kappa shape index (κ2) is 9.79. The van der Waals surface area contributed by atoms with Gasteiger partial charge in [0.2, 0.25) is 5.88 Å². The number of pyridine rings is 1. The standard InChI is InChI=1S/C21H21F3N6O2S/c1-12-19(16(33-30-12)8-14-10-27-17(11-26-14)21(22,23)24)20(31)29-13-2-3-18(28-9-13)32-15-4-6-25-7-5-15/h2-3,9-11,15,25H,4-8H2,1H3,(H,29,31). The minimum absolute atomic E-state index is 0.120. The molecular formula is C21H21F3N6O2S. The fraction of sp³-hybridized carbons (Fsp3) is 0.381. The van der Waals surface area contributed by atoms with E-state index < -0.39 is 11.9 Å². The summed E-state index contributed by atoms with van der Waals surface area (Å²) in [5.74, 6) is 0.111. The summed E-state index contributed by atoms with van der Waals surface area (Å²) in [6, 6.07) is 3.41. The Labute approximate surface area is 191 Å². The first kappa shape index (κ1) is 23.1. The molecule has 33 heavy (non-hydrogen) atoms. The van der Waals surface area contributed by atoms with Crippen molar-refractivity contribution in [2.45, 2.75) is 38.5 Å². The molecule has 1 fully saturated rings. The average Bonchev–Trinajstić information content (AvgIpc) is 3.15. The number of aryl methyl sites for hydroxylation is 1. The number of ether oxygens (including phenoxy) is 1. The van der Waals surface area contributed by atoms with Crippen LogP contribution in [0.4, 0.5) is 18.9 Å². The first-order chi connectivity index (χ1) is 15.8. The molecule has 0 saturated carbocycles. The minimum atomic E-state index is -4.56. The van der Waals surface area contributed by atoms with Gasteiger partial charge in [0.25, 0.3) is 5.91 Å². The number of carbonyl (C=O) groups is 1. The molecule has 8 nitrogen and oxygen atoms in total. The Morgan fingerprint density at radius 1 is 1.18 bits per heavy atom. The van der Waals surface area contributed by atoms with E-state index in [1.54, 1.807) is 19.1 Å². The lowest BCUT2D eigenvalue weighted by molar-refractivity contribution is -0.141. The maximum Gasteiger partial charge on any atom is 0.434 e. The van der Waals surface area contributed by atoms with Gasteiger partial charge in [-0.2, -0.15) is 17.5 Å². The normalized spacial score (nSPS) is 14.8. The summed E-state index contributed by atoms with van der Waals surface area (Å²) in [4.78, 5) is 25.0. The number of amides is 1. The van der Waals surface area contributed by atoms with E-state index in [2.05, 4.69) is 30.0 Å². The Balaban J connectivity index is 1.42. The molecule has 1 aliphatic rings. The predicted octanol–water partition coefficient (Wildman–Crippen LogP) is 3.63. The predicted molar refractivity (Wildman–Crippen MR) is 115 cm³/mol. The Morgan fingerprint density at radius 3 is 2.61 bits per heavy atom. The van der Waals surface area contributed by atoms with Crippen molar-refractivity contribution >= 4 is 23.1 Å². The van der Waals surface area contributed by atoms with Gasteiger partial charge in [0.15, 0.2) is 5.69 Å². The van der Waals surface area contributed by atoms with Gasteiger partial charge in [-0.15, -0.1) is 0 Å². The van der Waals surface area contributed by atoms with E-state index in [0.717, 1.165) is 43.7 Å². The molecule has 4 heterocycles. The van der Waals surface area contributed by atoms with Gasteiger partial charge in [0.1, 0.15) is 6.10 Å². The van der Waals surface area contributed by atoms with Crippen LogP contribution in [0.15, 0.2) is 30.7 Å². The maximum atomic E-state index is 12.9. The molecule has 1 saturated heterocycles. The first-order valence-corrected chi connectivity index (χ1v) is 11.0. The van der Waals surface area contributed by atoms with E-state index in [0.29, 0.717) is 39.6 Å². The molecule has 1 amide bonds. The molecule has 1 aliphatic heterocycles. The van der Waals surface area contributed by atoms with Crippen LogP contribution in [0.3, 0.4) is 0 Å². The zero-order chi connectivity index (χ0) is 23.4. The number of alkyl halides is 3. The molecule has 0 aliphatic carbocycles. The van der Waals surface area contributed by atoms with Crippen LogP contribution in [0.25, 0.3) is 0 Å². The molecule has 174 valence electrons. The fourth-order valence-electron chi connectivity index (χ4n) is 3.39. The van der Waals surface area contributed by atoms with E-state index in [9.17, 15) is 18.0 Å². The molecule has 0 bridgehead atoms. The van der Waals surface area contributed by atoms with E-state index >= 15 is 0 Å². The van der Waals surface area contributed by atoms with Crippen LogP contribution in [-0.2, 0) is 12.6 Å². The number of hydrogen-bond acceptors (Lipinski definition) is 8. The van der Waals surface area contributed by atoms with Crippen LogP contribution < -0.4 is 15.4 Å². The highest BCUT2D eigenvalue weighted by atomic mass is 32.1. The minimum Gasteiger partial charge on any atom is -0.474 e. The number of nitrogens with one attached hydrogen (secondary N) is 2. The number of hydrogen-bond donors (Lipinski definition) is 2. The van der Waals surface area contributed by atoms with Gasteiger partial charge in [0, 0.05) is 23.6 Å². The van der Waals surface area contributed by atoms with Crippen molar-refractivity contribution in [1.82, 2.24) is 24.6 Å². The van der Waals surface area contributed by atoms with Crippen LogP contribution >= 0.6 is 11.5 Å². The monoisotopic (exact) mass is 478 g/mol. The van der Waals surface area contributed by atoms with Crippen LogP contribution in [-0.4, -0.2) is 44.4 Å². The Bertz CT molecular complexity index is 1100. The summed E-state index contributed by atoms with van der Waals surface area (Å²) in [5, 5.41) is 6.06. The first-order valence-electron chi connectivity index (χ1n) is 10.3. The third-order valence-electron chi connectivity index (χ3n) is 5.07. The van der Waals surface area contributed by atoms with Crippen molar-refractivity contribution in [1.29, 1.82) is 0 Å². The molecule has 0 spiro atoms. The maximum absolute atomic E-state index is 12.9. The number of piperidine rings is 1. The zero-order valence-corrected chi connectivity index (χ0v) is 18.5. The summed E-state index contributed by atoms with van der Waals surface area (Å²) in [6.07, 6.45) is 0.792. The smallest absolute Gasteiger partial charge is 0.434 e. The number of aromatic nitrogens is 4.